The zero-order valence-electron chi connectivity index (χ0n) is 14.3. The molecule has 0 bridgehead atoms. The summed E-state index contributed by atoms with van der Waals surface area (Å²) in [5, 5.41) is 7.34. The van der Waals surface area contributed by atoms with Gasteiger partial charge in [-0.25, -0.2) is 0 Å². The number of hydrogen-bond acceptors (Lipinski definition) is 3. The molecule has 3 heterocycles. The summed E-state index contributed by atoms with van der Waals surface area (Å²) < 4.78 is 0. The van der Waals surface area contributed by atoms with Crippen LogP contribution in [0.4, 0.5) is 0 Å². The first-order chi connectivity index (χ1) is 11.1. The molecular formula is C18H28N4O. The van der Waals surface area contributed by atoms with E-state index in [1.54, 1.807) is 0 Å². The Hall–Kier alpha value is -1.36. The number of hydrogen-bond donors (Lipinski definition) is 1. The molecule has 1 aromatic heterocycles. The summed E-state index contributed by atoms with van der Waals surface area (Å²) in [6.07, 6.45) is 7.35. The van der Waals surface area contributed by atoms with Gasteiger partial charge in [0.2, 0.25) is 0 Å². The fraction of sp³-hybridized carbons (Fsp3) is 0.778. The van der Waals surface area contributed by atoms with Crippen molar-refractivity contribution < 1.29 is 4.79 Å². The number of H-pyrrole nitrogens is 1. The first-order valence-corrected chi connectivity index (χ1v) is 9.25. The molecule has 23 heavy (non-hydrogen) atoms. The number of aromatic amines is 1. The standard InChI is InChI=1S/C18H28N4O/c1-12-5-6-13(2)22(12)15-4-3-9-21(11-15)18(23)17-10-16(19-20-17)14-7-8-14/h10,12-15H,3-9,11H2,1-2H3,(H,19,20)/t12-,13-,15-/m1/s1. The summed E-state index contributed by atoms with van der Waals surface area (Å²) >= 11 is 0. The van der Waals surface area contributed by atoms with E-state index in [4.69, 9.17) is 0 Å². The van der Waals surface area contributed by atoms with Crippen molar-refractivity contribution in [3.63, 3.8) is 0 Å². The molecule has 5 nitrogen and oxygen atoms in total. The number of carbonyl (C=O) groups is 1. The fourth-order valence-electron chi connectivity index (χ4n) is 4.53. The van der Waals surface area contributed by atoms with E-state index in [0.717, 1.165) is 25.2 Å². The zero-order chi connectivity index (χ0) is 16.0. The molecule has 3 fully saturated rings. The summed E-state index contributed by atoms with van der Waals surface area (Å²) in [7, 11) is 0. The summed E-state index contributed by atoms with van der Waals surface area (Å²) in [5.41, 5.74) is 1.75. The number of piperidine rings is 1. The van der Waals surface area contributed by atoms with Crippen LogP contribution in [0.25, 0.3) is 0 Å². The third-order valence-corrected chi connectivity index (χ3v) is 5.96. The summed E-state index contributed by atoms with van der Waals surface area (Å²) in [6.45, 7) is 6.40. The zero-order valence-corrected chi connectivity index (χ0v) is 14.3. The molecular weight excluding hydrogens is 288 g/mol. The average Bonchev–Trinajstić information content (AvgIpc) is 3.20. The Morgan fingerprint density at radius 3 is 2.61 bits per heavy atom. The molecule has 0 radical (unpaired) electrons. The van der Waals surface area contributed by atoms with Crippen LogP contribution in [0.2, 0.25) is 0 Å². The molecule has 126 valence electrons. The molecule has 1 amide bonds. The highest BCUT2D eigenvalue weighted by atomic mass is 16.2. The topological polar surface area (TPSA) is 52.2 Å². The van der Waals surface area contributed by atoms with Crippen molar-refractivity contribution in [2.75, 3.05) is 13.1 Å². The molecule has 0 aromatic carbocycles. The van der Waals surface area contributed by atoms with Crippen LogP contribution in [0.5, 0.6) is 0 Å². The van der Waals surface area contributed by atoms with Gasteiger partial charge in [-0.1, -0.05) is 0 Å². The first kappa shape index (κ1) is 15.2. The summed E-state index contributed by atoms with van der Waals surface area (Å²) in [5.74, 6) is 0.724. The minimum atomic E-state index is 0.109. The van der Waals surface area contributed by atoms with Crippen LogP contribution in [-0.2, 0) is 0 Å². The van der Waals surface area contributed by atoms with Gasteiger partial charge in [0.15, 0.2) is 0 Å². The average molecular weight is 316 g/mol. The fourth-order valence-corrected chi connectivity index (χ4v) is 4.53. The normalized spacial score (nSPS) is 32.4. The van der Waals surface area contributed by atoms with Crippen LogP contribution in [-0.4, -0.2) is 57.1 Å². The van der Waals surface area contributed by atoms with Crippen molar-refractivity contribution in [3.8, 4) is 0 Å². The van der Waals surface area contributed by atoms with Crippen LogP contribution in [0.1, 0.15) is 74.5 Å². The predicted octanol–water partition coefficient (Wildman–Crippen LogP) is 2.76. The van der Waals surface area contributed by atoms with E-state index in [0.29, 0.717) is 29.7 Å². The van der Waals surface area contributed by atoms with E-state index in [9.17, 15) is 4.79 Å². The summed E-state index contributed by atoms with van der Waals surface area (Å²) in [6, 6.07) is 3.79. The van der Waals surface area contributed by atoms with Crippen LogP contribution < -0.4 is 0 Å². The van der Waals surface area contributed by atoms with Gasteiger partial charge in [0.1, 0.15) is 5.69 Å². The lowest BCUT2D eigenvalue weighted by Crippen LogP contribution is -2.52. The second-order valence-corrected chi connectivity index (χ2v) is 7.75. The number of nitrogens with one attached hydrogen (secondary N) is 1. The number of likely N-dealkylation sites (tertiary alicyclic amines) is 2. The van der Waals surface area contributed by atoms with E-state index in [1.807, 2.05) is 11.0 Å². The number of rotatable bonds is 3. The van der Waals surface area contributed by atoms with Crippen molar-refractivity contribution in [2.45, 2.75) is 76.4 Å². The second-order valence-electron chi connectivity index (χ2n) is 7.75. The van der Waals surface area contributed by atoms with E-state index in [2.05, 4.69) is 28.9 Å². The number of carbonyl (C=O) groups excluding carboxylic acids is 1. The van der Waals surface area contributed by atoms with Gasteiger partial charge in [0, 0.05) is 42.8 Å². The molecule has 3 atom stereocenters. The second kappa shape index (κ2) is 5.93. The van der Waals surface area contributed by atoms with Crippen LogP contribution in [0, 0.1) is 0 Å². The number of aromatic nitrogens is 2. The van der Waals surface area contributed by atoms with E-state index in [-0.39, 0.29) is 5.91 Å². The Morgan fingerprint density at radius 1 is 1.17 bits per heavy atom. The molecule has 2 saturated heterocycles. The van der Waals surface area contributed by atoms with Gasteiger partial charge in [0.05, 0.1) is 0 Å². The SMILES string of the molecule is C[C@@H]1CC[C@@H](C)N1[C@@H]1CCCN(C(=O)c2cc(C3CC3)[nH]n2)C1. The van der Waals surface area contributed by atoms with Crippen molar-refractivity contribution >= 4 is 5.91 Å². The van der Waals surface area contributed by atoms with Gasteiger partial charge >= 0.3 is 0 Å². The minimum Gasteiger partial charge on any atom is -0.336 e. The molecule has 2 aliphatic heterocycles. The first-order valence-electron chi connectivity index (χ1n) is 9.25. The maximum Gasteiger partial charge on any atom is 0.274 e. The molecule has 5 heteroatoms. The third-order valence-electron chi connectivity index (χ3n) is 5.96. The van der Waals surface area contributed by atoms with Crippen LogP contribution in [0.15, 0.2) is 6.07 Å². The molecule has 1 N–H and O–H groups in total. The van der Waals surface area contributed by atoms with Gasteiger partial charge in [-0.2, -0.15) is 5.10 Å². The van der Waals surface area contributed by atoms with E-state index in [1.165, 1.54) is 32.1 Å². The third kappa shape index (κ3) is 2.91. The van der Waals surface area contributed by atoms with Crippen molar-refractivity contribution in [3.05, 3.63) is 17.5 Å². The lowest BCUT2D eigenvalue weighted by atomic mass is 10.0. The molecule has 1 aliphatic carbocycles. The van der Waals surface area contributed by atoms with Crippen molar-refractivity contribution in [2.24, 2.45) is 0 Å². The predicted molar refractivity (Wildman–Crippen MR) is 89.5 cm³/mol. The largest absolute Gasteiger partial charge is 0.336 e. The van der Waals surface area contributed by atoms with Gasteiger partial charge in [-0.15, -0.1) is 0 Å². The molecule has 0 spiro atoms. The van der Waals surface area contributed by atoms with Crippen LogP contribution >= 0.6 is 0 Å². The van der Waals surface area contributed by atoms with E-state index >= 15 is 0 Å². The molecule has 3 aliphatic rings. The smallest absolute Gasteiger partial charge is 0.274 e. The lowest BCUT2D eigenvalue weighted by molar-refractivity contribution is 0.0482. The number of nitrogens with zero attached hydrogens (tertiary/aromatic N) is 3. The highest BCUT2D eigenvalue weighted by Crippen LogP contribution is 2.39. The maximum atomic E-state index is 12.8. The summed E-state index contributed by atoms with van der Waals surface area (Å²) in [4.78, 5) is 17.5. The highest BCUT2D eigenvalue weighted by molar-refractivity contribution is 5.92. The Kier molecular flexibility index (Phi) is 3.92. The molecule has 4 rings (SSSR count). The van der Waals surface area contributed by atoms with E-state index < -0.39 is 0 Å². The quantitative estimate of drug-likeness (QED) is 0.933. The van der Waals surface area contributed by atoms with Gasteiger partial charge in [-0.05, 0) is 58.4 Å². The number of amides is 1. The van der Waals surface area contributed by atoms with Gasteiger partial charge < -0.3 is 4.90 Å². The Bertz CT molecular complexity index is 569. The molecule has 1 saturated carbocycles. The van der Waals surface area contributed by atoms with Crippen molar-refractivity contribution in [1.29, 1.82) is 0 Å². The minimum absolute atomic E-state index is 0.109. The van der Waals surface area contributed by atoms with Gasteiger partial charge in [-0.3, -0.25) is 14.8 Å². The monoisotopic (exact) mass is 316 g/mol. The lowest BCUT2D eigenvalue weighted by Gasteiger charge is -2.41. The Morgan fingerprint density at radius 2 is 1.91 bits per heavy atom. The Labute approximate surface area is 138 Å². The van der Waals surface area contributed by atoms with Crippen LogP contribution in [0.3, 0.4) is 0 Å². The highest BCUT2D eigenvalue weighted by Gasteiger charge is 2.37. The molecule has 0 unspecified atom stereocenters. The maximum absolute atomic E-state index is 12.8. The van der Waals surface area contributed by atoms with Crippen molar-refractivity contribution in [1.82, 2.24) is 20.0 Å². The Balaban J connectivity index is 1.44. The molecule has 1 aromatic rings. The van der Waals surface area contributed by atoms with Gasteiger partial charge in [0.25, 0.3) is 5.91 Å².